The highest BCUT2D eigenvalue weighted by Crippen LogP contribution is 2.15. The Bertz CT molecular complexity index is 253. The van der Waals surface area contributed by atoms with Gasteiger partial charge in [-0.2, -0.15) is 5.10 Å². The van der Waals surface area contributed by atoms with E-state index in [9.17, 15) is 0 Å². The van der Waals surface area contributed by atoms with Crippen LogP contribution >= 0.6 is 11.3 Å². The number of rotatable bonds is 1. The molecule has 2 heterocycles. The van der Waals surface area contributed by atoms with Gasteiger partial charge in [0.25, 0.3) is 0 Å². The summed E-state index contributed by atoms with van der Waals surface area (Å²) >= 11 is 1.48. The summed E-state index contributed by atoms with van der Waals surface area (Å²) in [4.78, 5) is 0. The minimum Gasteiger partial charge on any atom is -0.285 e. The molecule has 2 aromatic rings. The molecule has 1 N–H and O–H groups in total. The predicted molar refractivity (Wildman–Crippen MR) is 37.5 cm³/mol. The Kier molecular flexibility index (Phi) is 1.21. The van der Waals surface area contributed by atoms with Gasteiger partial charge in [-0.15, -0.1) is 10.2 Å². The third-order valence-electron chi connectivity index (χ3n) is 1.08. The summed E-state index contributed by atoms with van der Waals surface area (Å²) in [5.74, 6) is 0. The highest BCUT2D eigenvalue weighted by atomic mass is 32.1. The molecule has 0 spiro atoms. The second-order valence-corrected chi connectivity index (χ2v) is 2.54. The Labute approximate surface area is 60.9 Å². The lowest BCUT2D eigenvalue weighted by Crippen LogP contribution is -1.75. The molecule has 0 atom stereocenters. The third kappa shape index (κ3) is 0.801. The number of nitrogens with zero attached hydrogens (tertiary/aromatic N) is 3. The van der Waals surface area contributed by atoms with Crippen molar-refractivity contribution >= 4 is 11.3 Å². The van der Waals surface area contributed by atoms with E-state index in [1.165, 1.54) is 11.3 Å². The monoisotopic (exact) mass is 152 g/mol. The maximum absolute atomic E-state index is 3.94. The molecule has 0 aromatic carbocycles. The lowest BCUT2D eigenvalue weighted by molar-refractivity contribution is 1.06. The van der Waals surface area contributed by atoms with E-state index in [0.29, 0.717) is 0 Å². The number of aromatic nitrogens is 4. The van der Waals surface area contributed by atoms with E-state index in [4.69, 9.17) is 0 Å². The van der Waals surface area contributed by atoms with E-state index in [0.717, 1.165) is 10.7 Å². The molecule has 0 saturated heterocycles. The van der Waals surface area contributed by atoms with Crippen LogP contribution < -0.4 is 0 Å². The van der Waals surface area contributed by atoms with Crippen molar-refractivity contribution in [3.8, 4) is 10.7 Å². The number of nitrogens with one attached hydrogen (secondary N) is 1. The molecular weight excluding hydrogens is 148 g/mol. The Morgan fingerprint density at radius 3 is 3.10 bits per heavy atom. The molecular formula is C5H4N4S. The zero-order chi connectivity index (χ0) is 6.81. The van der Waals surface area contributed by atoms with Gasteiger partial charge < -0.3 is 0 Å². The SMILES string of the molecule is c1cc(-c2nncs2)n[nH]1. The predicted octanol–water partition coefficient (Wildman–Crippen LogP) is 0.928. The summed E-state index contributed by atoms with van der Waals surface area (Å²) in [5.41, 5.74) is 2.53. The first-order chi connectivity index (χ1) is 4.97. The van der Waals surface area contributed by atoms with Crippen LogP contribution in [0.2, 0.25) is 0 Å². The highest BCUT2D eigenvalue weighted by Gasteiger charge is 2.00. The van der Waals surface area contributed by atoms with E-state index < -0.39 is 0 Å². The van der Waals surface area contributed by atoms with Crippen molar-refractivity contribution in [3.05, 3.63) is 17.8 Å². The molecule has 0 fully saturated rings. The van der Waals surface area contributed by atoms with Crippen LogP contribution in [0.15, 0.2) is 17.8 Å². The first-order valence-corrected chi connectivity index (χ1v) is 3.61. The van der Waals surface area contributed by atoms with E-state index in [1.807, 2.05) is 6.07 Å². The molecule has 10 heavy (non-hydrogen) atoms. The average molecular weight is 152 g/mol. The molecule has 4 nitrogen and oxygen atoms in total. The Morgan fingerprint density at radius 1 is 1.50 bits per heavy atom. The van der Waals surface area contributed by atoms with E-state index >= 15 is 0 Å². The average Bonchev–Trinajstić information content (AvgIpc) is 2.59. The van der Waals surface area contributed by atoms with E-state index in [-0.39, 0.29) is 0 Å². The molecule has 0 aliphatic heterocycles. The summed E-state index contributed by atoms with van der Waals surface area (Å²) in [6, 6.07) is 1.86. The number of hydrogen-bond acceptors (Lipinski definition) is 4. The summed E-state index contributed by atoms with van der Waals surface area (Å²) in [5, 5.41) is 15.0. The Morgan fingerprint density at radius 2 is 2.50 bits per heavy atom. The first kappa shape index (κ1) is 5.55. The summed E-state index contributed by atoms with van der Waals surface area (Å²) in [6.45, 7) is 0. The number of aromatic amines is 1. The first-order valence-electron chi connectivity index (χ1n) is 2.73. The van der Waals surface area contributed by atoms with Crippen LogP contribution in [-0.4, -0.2) is 20.4 Å². The van der Waals surface area contributed by atoms with Crippen LogP contribution in [0.1, 0.15) is 0 Å². The van der Waals surface area contributed by atoms with Crippen molar-refractivity contribution in [2.24, 2.45) is 0 Å². The molecule has 0 aliphatic rings. The maximum Gasteiger partial charge on any atom is 0.167 e. The molecule has 0 unspecified atom stereocenters. The van der Waals surface area contributed by atoms with Gasteiger partial charge in [-0.05, 0) is 6.07 Å². The summed E-state index contributed by atoms with van der Waals surface area (Å²) in [6.07, 6.45) is 1.76. The molecule has 2 rings (SSSR count). The molecule has 2 aromatic heterocycles. The standard InChI is InChI=1S/C5H4N4S/c1-2-6-8-4(1)5-9-7-3-10-5/h1-3H,(H,6,8). The van der Waals surface area contributed by atoms with Gasteiger partial charge in [0, 0.05) is 6.20 Å². The van der Waals surface area contributed by atoms with Gasteiger partial charge in [-0.1, -0.05) is 11.3 Å². The quantitative estimate of drug-likeness (QED) is 0.661. The fourth-order valence-corrected chi connectivity index (χ4v) is 1.19. The van der Waals surface area contributed by atoms with Gasteiger partial charge in [0.1, 0.15) is 11.2 Å². The van der Waals surface area contributed by atoms with Gasteiger partial charge in [-0.25, -0.2) is 0 Å². The molecule has 0 radical (unpaired) electrons. The van der Waals surface area contributed by atoms with Crippen molar-refractivity contribution < 1.29 is 0 Å². The van der Waals surface area contributed by atoms with Gasteiger partial charge in [0.05, 0.1) is 0 Å². The Balaban J connectivity index is 2.48. The normalized spacial score (nSPS) is 10.0. The van der Waals surface area contributed by atoms with E-state index in [2.05, 4.69) is 20.4 Å². The van der Waals surface area contributed by atoms with Gasteiger partial charge >= 0.3 is 0 Å². The van der Waals surface area contributed by atoms with Gasteiger partial charge in [0.2, 0.25) is 0 Å². The van der Waals surface area contributed by atoms with Crippen LogP contribution in [0.25, 0.3) is 10.7 Å². The molecule has 0 saturated carbocycles. The number of hydrogen-bond donors (Lipinski definition) is 1. The van der Waals surface area contributed by atoms with E-state index in [1.54, 1.807) is 11.7 Å². The largest absolute Gasteiger partial charge is 0.285 e. The maximum atomic E-state index is 3.94. The summed E-state index contributed by atoms with van der Waals surface area (Å²) < 4.78 is 0. The van der Waals surface area contributed by atoms with Crippen LogP contribution in [0, 0.1) is 0 Å². The Hall–Kier alpha value is -1.23. The number of H-pyrrole nitrogens is 1. The second kappa shape index (κ2) is 2.18. The molecule has 5 heteroatoms. The molecule has 50 valence electrons. The molecule has 0 aliphatic carbocycles. The van der Waals surface area contributed by atoms with Crippen molar-refractivity contribution in [2.45, 2.75) is 0 Å². The minimum absolute atomic E-state index is 0.848. The fourth-order valence-electron chi connectivity index (χ4n) is 0.664. The zero-order valence-electron chi connectivity index (χ0n) is 4.98. The van der Waals surface area contributed by atoms with Crippen molar-refractivity contribution in [2.75, 3.05) is 0 Å². The van der Waals surface area contributed by atoms with Crippen LogP contribution in [0.3, 0.4) is 0 Å². The van der Waals surface area contributed by atoms with Crippen molar-refractivity contribution in [1.29, 1.82) is 0 Å². The zero-order valence-corrected chi connectivity index (χ0v) is 5.80. The van der Waals surface area contributed by atoms with Gasteiger partial charge in [-0.3, -0.25) is 5.10 Å². The molecule has 0 amide bonds. The van der Waals surface area contributed by atoms with Crippen molar-refractivity contribution in [3.63, 3.8) is 0 Å². The van der Waals surface area contributed by atoms with Crippen LogP contribution in [0.4, 0.5) is 0 Å². The smallest absolute Gasteiger partial charge is 0.167 e. The van der Waals surface area contributed by atoms with Crippen LogP contribution in [-0.2, 0) is 0 Å². The highest BCUT2D eigenvalue weighted by molar-refractivity contribution is 7.12. The lowest BCUT2D eigenvalue weighted by Gasteiger charge is -1.80. The summed E-state index contributed by atoms with van der Waals surface area (Å²) in [7, 11) is 0. The van der Waals surface area contributed by atoms with Crippen LogP contribution in [0.5, 0.6) is 0 Å². The molecule has 0 bridgehead atoms. The third-order valence-corrected chi connectivity index (χ3v) is 1.79. The topological polar surface area (TPSA) is 54.5 Å². The van der Waals surface area contributed by atoms with Crippen molar-refractivity contribution in [1.82, 2.24) is 20.4 Å². The second-order valence-electron chi connectivity index (χ2n) is 1.70. The lowest BCUT2D eigenvalue weighted by atomic mass is 10.5. The fraction of sp³-hybridized carbons (Fsp3) is 0. The minimum atomic E-state index is 0.848. The van der Waals surface area contributed by atoms with Gasteiger partial charge in [0.15, 0.2) is 5.01 Å².